The van der Waals surface area contributed by atoms with Gasteiger partial charge >= 0.3 is 5.97 Å². The summed E-state index contributed by atoms with van der Waals surface area (Å²) in [5, 5.41) is 20.8. The van der Waals surface area contributed by atoms with E-state index in [-0.39, 0.29) is 33.7 Å². The van der Waals surface area contributed by atoms with E-state index in [1.165, 1.54) is 12.8 Å². The van der Waals surface area contributed by atoms with Gasteiger partial charge in [-0.15, -0.1) is 0 Å². The summed E-state index contributed by atoms with van der Waals surface area (Å²) in [7, 11) is 0. The van der Waals surface area contributed by atoms with E-state index in [0.29, 0.717) is 29.6 Å². The number of hydrogen-bond donors (Lipinski definition) is 2. The monoisotopic (exact) mass is 442 g/mol. The third kappa shape index (κ3) is 2.72. The Balaban J connectivity index is 1.56. The Morgan fingerprint density at radius 1 is 0.938 bits per heavy atom. The van der Waals surface area contributed by atoms with Crippen molar-refractivity contribution in [2.75, 3.05) is 0 Å². The van der Waals surface area contributed by atoms with Gasteiger partial charge in [-0.3, -0.25) is 4.79 Å². The van der Waals surface area contributed by atoms with Gasteiger partial charge in [0, 0.05) is 0 Å². The van der Waals surface area contributed by atoms with E-state index < -0.39 is 5.97 Å². The quantitative estimate of drug-likeness (QED) is 0.444. The fraction of sp³-hybridized carbons (Fsp3) is 0.897. The normalized spacial score (nSPS) is 54.3. The fourth-order valence-corrected chi connectivity index (χ4v) is 10.7. The van der Waals surface area contributed by atoms with Crippen LogP contribution in [0.4, 0.5) is 0 Å². The van der Waals surface area contributed by atoms with Crippen molar-refractivity contribution in [3.05, 3.63) is 11.6 Å². The molecule has 0 unspecified atom stereocenters. The summed E-state index contributed by atoms with van der Waals surface area (Å²) in [6, 6.07) is 0. The molecule has 4 saturated carbocycles. The van der Waals surface area contributed by atoms with Crippen LogP contribution in [-0.4, -0.2) is 22.3 Å². The molecule has 5 rings (SSSR count). The number of hydrogen-bond acceptors (Lipinski definition) is 2. The lowest BCUT2D eigenvalue weighted by atomic mass is 9.34. The Morgan fingerprint density at radius 2 is 1.66 bits per heavy atom. The molecule has 0 saturated heterocycles. The number of allylic oxidation sites excluding steroid dienone is 2. The Kier molecular flexibility index (Phi) is 5.08. The highest BCUT2D eigenvalue weighted by atomic mass is 16.4. The van der Waals surface area contributed by atoms with E-state index in [1.807, 2.05) is 0 Å². The van der Waals surface area contributed by atoms with Crippen LogP contribution in [0.25, 0.3) is 0 Å². The van der Waals surface area contributed by atoms with Crippen LogP contribution in [0.3, 0.4) is 0 Å². The van der Waals surface area contributed by atoms with Crippen LogP contribution >= 0.6 is 0 Å². The molecular weight excluding hydrogens is 396 g/mol. The topological polar surface area (TPSA) is 57.5 Å². The number of carbonyl (C=O) groups is 1. The van der Waals surface area contributed by atoms with Crippen LogP contribution in [0.15, 0.2) is 11.6 Å². The van der Waals surface area contributed by atoms with Gasteiger partial charge in [-0.2, -0.15) is 0 Å². The summed E-state index contributed by atoms with van der Waals surface area (Å²) in [5.74, 6) is 1.89. The van der Waals surface area contributed by atoms with E-state index >= 15 is 0 Å². The fourth-order valence-electron chi connectivity index (χ4n) is 10.7. The highest BCUT2D eigenvalue weighted by molar-refractivity contribution is 5.70. The van der Waals surface area contributed by atoms with Gasteiger partial charge < -0.3 is 10.2 Å². The van der Waals surface area contributed by atoms with Gasteiger partial charge in [0.15, 0.2) is 0 Å². The molecule has 0 radical (unpaired) electrons. The molecule has 3 heteroatoms. The molecule has 32 heavy (non-hydrogen) atoms. The Labute approximate surface area is 195 Å². The first-order chi connectivity index (χ1) is 14.9. The van der Waals surface area contributed by atoms with Crippen molar-refractivity contribution in [2.24, 2.45) is 57.2 Å². The smallest absolute Gasteiger partial charge is 0.306 e. The van der Waals surface area contributed by atoms with E-state index in [0.717, 1.165) is 44.9 Å². The third-order valence-electron chi connectivity index (χ3n) is 12.7. The molecule has 0 aromatic rings. The second-order valence-corrected chi connectivity index (χ2v) is 13.9. The van der Waals surface area contributed by atoms with Crippen molar-refractivity contribution in [3.63, 3.8) is 0 Å². The zero-order valence-electron chi connectivity index (χ0n) is 21.3. The van der Waals surface area contributed by atoms with Crippen molar-refractivity contribution < 1.29 is 15.0 Å². The number of rotatable bonds is 1. The lowest BCUT2D eigenvalue weighted by Gasteiger charge is -2.70. The highest BCUT2D eigenvalue weighted by Gasteiger charge is 2.67. The molecule has 0 amide bonds. The molecule has 0 aromatic heterocycles. The molecule has 0 bridgehead atoms. The largest absolute Gasteiger partial charge is 0.481 e. The molecule has 3 nitrogen and oxygen atoms in total. The van der Waals surface area contributed by atoms with E-state index in [1.54, 1.807) is 5.57 Å². The highest BCUT2D eigenvalue weighted by Crippen LogP contribution is 2.74. The summed E-state index contributed by atoms with van der Waals surface area (Å²) >= 11 is 0. The van der Waals surface area contributed by atoms with Crippen molar-refractivity contribution in [2.45, 2.75) is 105 Å². The first-order valence-electron chi connectivity index (χ1n) is 13.5. The number of aliphatic carboxylic acids is 1. The summed E-state index contributed by atoms with van der Waals surface area (Å²) in [5.41, 5.74) is 2.35. The van der Waals surface area contributed by atoms with Crippen molar-refractivity contribution in [3.8, 4) is 0 Å². The summed E-state index contributed by atoms with van der Waals surface area (Å²) in [4.78, 5) is 12.1. The average Bonchev–Trinajstić information content (AvgIpc) is 2.71. The van der Waals surface area contributed by atoms with Crippen molar-refractivity contribution in [1.82, 2.24) is 0 Å². The zero-order valence-corrected chi connectivity index (χ0v) is 21.3. The number of fused-ring (bicyclic) bond motifs is 7. The first kappa shape index (κ1) is 22.9. The standard InChI is InChI=1S/C29H46O3/c1-17-7-8-19(25(31)32)18-11-15-28(5)20(24(17)18)9-10-22-27(4)14-13-23(30)26(2,3)21(27)12-16-29(22,28)6/h9,17-19,21-24,30H,7-8,10-16H2,1-6H3,(H,31,32)/t17-,18+,19+,21+,22+,23-,24-,27-,28+,29+/m0/s1. The minimum absolute atomic E-state index is 0.0104. The molecule has 0 spiro atoms. The molecule has 0 aliphatic heterocycles. The molecule has 0 aromatic carbocycles. The third-order valence-corrected chi connectivity index (χ3v) is 12.7. The van der Waals surface area contributed by atoms with Gasteiger partial charge in [-0.25, -0.2) is 0 Å². The maximum absolute atomic E-state index is 12.1. The summed E-state index contributed by atoms with van der Waals surface area (Å²) in [6.45, 7) is 14.7. The Hall–Kier alpha value is -0.830. The number of aliphatic hydroxyl groups excluding tert-OH is 1. The SMILES string of the molecule is C[C@H]1CC[C@@H](C(=O)O)[C@H]2CC[C@]3(C)C(=CC[C@@H]4[C@@]5(C)CC[C@H](O)C(C)(C)[C@H]5CC[C@]43C)[C@H]21. The van der Waals surface area contributed by atoms with Crippen LogP contribution in [0, 0.1) is 57.2 Å². The molecule has 0 heterocycles. The summed E-state index contributed by atoms with van der Waals surface area (Å²) in [6.07, 6.45) is 12.3. The van der Waals surface area contributed by atoms with Crippen LogP contribution < -0.4 is 0 Å². The lowest BCUT2D eigenvalue weighted by molar-refractivity contribution is -0.201. The molecule has 4 fully saturated rings. The molecule has 180 valence electrons. The maximum Gasteiger partial charge on any atom is 0.306 e. The van der Waals surface area contributed by atoms with Crippen LogP contribution in [-0.2, 0) is 4.79 Å². The minimum atomic E-state index is -0.563. The van der Waals surface area contributed by atoms with Gasteiger partial charge in [0.05, 0.1) is 12.0 Å². The second kappa shape index (κ2) is 7.09. The maximum atomic E-state index is 12.1. The molecular formula is C29H46O3. The van der Waals surface area contributed by atoms with Gasteiger partial charge in [0.1, 0.15) is 0 Å². The lowest BCUT2D eigenvalue weighted by Crippen LogP contribution is -2.64. The van der Waals surface area contributed by atoms with Gasteiger partial charge in [0.2, 0.25) is 0 Å². The van der Waals surface area contributed by atoms with Crippen molar-refractivity contribution in [1.29, 1.82) is 0 Å². The van der Waals surface area contributed by atoms with Gasteiger partial charge in [0.25, 0.3) is 0 Å². The van der Waals surface area contributed by atoms with E-state index in [9.17, 15) is 15.0 Å². The van der Waals surface area contributed by atoms with Gasteiger partial charge in [-0.05, 0) is 109 Å². The first-order valence-corrected chi connectivity index (χ1v) is 13.5. The molecule has 5 aliphatic carbocycles. The predicted molar refractivity (Wildman–Crippen MR) is 128 cm³/mol. The van der Waals surface area contributed by atoms with E-state index in [2.05, 4.69) is 47.6 Å². The minimum Gasteiger partial charge on any atom is -0.481 e. The number of carboxylic acids is 1. The molecule has 5 aliphatic rings. The average molecular weight is 443 g/mol. The predicted octanol–water partition coefficient (Wildman–Crippen LogP) is 6.70. The number of carboxylic acid groups (broad SMARTS) is 1. The molecule has 2 N–H and O–H groups in total. The van der Waals surface area contributed by atoms with Gasteiger partial charge in [-0.1, -0.05) is 53.2 Å². The van der Waals surface area contributed by atoms with E-state index in [4.69, 9.17) is 0 Å². The van der Waals surface area contributed by atoms with Crippen LogP contribution in [0.2, 0.25) is 0 Å². The number of aliphatic hydroxyl groups is 1. The van der Waals surface area contributed by atoms with Crippen LogP contribution in [0.5, 0.6) is 0 Å². The Morgan fingerprint density at radius 3 is 2.34 bits per heavy atom. The second-order valence-electron chi connectivity index (χ2n) is 13.9. The summed E-state index contributed by atoms with van der Waals surface area (Å²) < 4.78 is 0. The Bertz CT molecular complexity index is 828. The van der Waals surface area contributed by atoms with Crippen LogP contribution in [0.1, 0.15) is 99.3 Å². The van der Waals surface area contributed by atoms with Crippen molar-refractivity contribution >= 4 is 5.97 Å². The molecule has 10 atom stereocenters. The zero-order chi connectivity index (χ0) is 23.3.